The minimum absolute atomic E-state index is 0.137. The molecule has 1 aliphatic rings. The zero-order chi connectivity index (χ0) is 17.8. The molecule has 2 heterocycles. The van der Waals surface area contributed by atoms with Crippen molar-refractivity contribution in [2.24, 2.45) is 0 Å². The number of aryl methyl sites for hydroxylation is 1. The Morgan fingerprint density at radius 2 is 2.16 bits per heavy atom. The van der Waals surface area contributed by atoms with E-state index in [0.29, 0.717) is 18.9 Å². The third-order valence-electron chi connectivity index (χ3n) is 4.65. The highest BCUT2D eigenvalue weighted by atomic mass is 16.5. The van der Waals surface area contributed by atoms with E-state index in [0.717, 1.165) is 42.5 Å². The Labute approximate surface area is 147 Å². The number of fused-ring (bicyclic) bond motifs is 1. The monoisotopic (exact) mass is 346 g/mol. The van der Waals surface area contributed by atoms with Gasteiger partial charge in [-0.25, -0.2) is 0 Å². The van der Waals surface area contributed by atoms with E-state index in [4.69, 9.17) is 9.15 Å². The predicted octanol–water partition coefficient (Wildman–Crippen LogP) is 1.94. The van der Waals surface area contributed by atoms with E-state index in [1.54, 1.807) is 13.2 Å². The topological polar surface area (TPSA) is 74.9 Å². The van der Waals surface area contributed by atoms with Gasteiger partial charge in [0.25, 0.3) is 5.91 Å². The van der Waals surface area contributed by atoms with Gasteiger partial charge < -0.3 is 24.5 Å². The standard InChI is InChI=1S/C19H26N2O4/c1-13-3-4-17-14(9-13)10-18(25-17)19(23)20-15-5-7-21(8-6-15)11-16(22)12-24-2/h3-4,9-10,15-16,22H,5-8,11-12H2,1-2H3,(H,20,23). The van der Waals surface area contributed by atoms with Gasteiger partial charge in [0.2, 0.25) is 0 Å². The Kier molecular flexibility index (Phi) is 5.73. The van der Waals surface area contributed by atoms with Gasteiger partial charge in [-0.3, -0.25) is 4.79 Å². The van der Waals surface area contributed by atoms with Crippen molar-refractivity contribution in [2.75, 3.05) is 33.4 Å². The fourth-order valence-corrected chi connectivity index (χ4v) is 3.33. The van der Waals surface area contributed by atoms with Crippen molar-refractivity contribution in [3.63, 3.8) is 0 Å². The SMILES string of the molecule is COCC(O)CN1CCC(NC(=O)c2cc3cc(C)ccc3o2)CC1. The number of aliphatic hydroxyl groups is 1. The molecule has 2 aromatic rings. The number of aliphatic hydroxyl groups excluding tert-OH is 1. The lowest BCUT2D eigenvalue weighted by molar-refractivity contribution is 0.0309. The van der Waals surface area contributed by atoms with Crippen LogP contribution >= 0.6 is 0 Å². The summed E-state index contributed by atoms with van der Waals surface area (Å²) >= 11 is 0. The van der Waals surface area contributed by atoms with Crippen LogP contribution in [0.5, 0.6) is 0 Å². The van der Waals surface area contributed by atoms with Crippen LogP contribution in [0.15, 0.2) is 28.7 Å². The number of nitrogens with zero attached hydrogens (tertiary/aromatic N) is 1. The molecule has 25 heavy (non-hydrogen) atoms. The Hall–Kier alpha value is -1.89. The van der Waals surface area contributed by atoms with Crippen LogP contribution < -0.4 is 5.32 Å². The highest BCUT2D eigenvalue weighted by Gasteiger charge is 2.23. The fourth-order valence-electron chi connectivity index (χ4n) is 3.33. The summed E-state index contributed by atoms with van der Waals surface area (Å²) in [6, 6.07) is 7.82. The molecule has 0 saturated carbocycles. The van der Waals surface area contributed by atoms with Gasteiger partial charge >= 0.3 is 0 Å². The number of hydrogen-bond donors (Lipinski definition) is 2. The Morgan fingerprint density at radius 3 is 2.88 bits per heavy atom. The molecule has 6 heteroatoms. The maximum absolute atomic E-state index is 12.4. The van der Waals surface area contributed by atoms with Crippen molar-refractivity contribution in [2.45, 2.75) is 31.9 Å². The number of methoxy groups -OCH3 is 1. The van der Waals surface area contributed by atoms with E-state index >= 15 is 0 Å². The summed E-state index contributed by atoms with van der Waals surface area (Å²) < 4.78 is 10.6. The van der Waals surface area contributed by atoms with Crippen molar-refractivity contribution >= 4 is 16.9 Å². The number of nitrogens with one attached hydrogen (secondary N) is 1. The molecule has 1 amide bonds. The average molecular weight is 346 g/mol. The number of furan rings is 1. The minimum Gasteiger partial charge on any atom is -0.451 e. The van der Waals surface area contributed by atoms with Crippen molar-refractivity contribution in [3.05, 3.63) is 35.6 Å². The van der Waals surface area contributed by atoms with Gasteiger partial charge in [-0.05, 0) is 38.0 Å². The summed E-state index contributed by atoms with van der Waals surface area (Å²) in [6.07, 6.45) is 1.27. The molecule has 0 spiro atoms. The van der Waals surface area contributed by atoms with E-state index in [-0.39, 0.29) is 11.9 Å². The lowest BCUT2D eigenvalue weighted by Gasteiger charge is -2.33. The summed E-state index contributed by atoms with van der Waals surface area (Å²) in [5.41, 5.74) is 1.88. The molecule has 1 fully saturated rings. The van der Waals surface area contributed by atoms with Gasteiger partial charge in [0.05, 0.1) is 12.7 Å². The summed E-state index contributed by atoms with van der Waals surface area (Å²) in [7, 11) is 1.59. The molecule has 136 valence electrons. The van der Waals surface area contributed by atoms with Crippen molar-refractivity contribution < 1.29 is 19.1 Å². The largest absolute Gasteiger partial charge is 0.451 e. The van der Waals surface area contributed by atoms with Crippen molar-refractivity contribution in [1.82, 2.24) is 10.2 Å². The number of carbonyl (C=O) groups is 1. The lowest BCUT2D eigenvalue weighted by atomic mass is 10.0. The number of likely N-dealkylation sites (tertiary alicyclic amines) is 1. The van der Waals surface area contributed by atoms with Crippen LogP contribution in [0.3, 0.4) is 0 Å². The second-order valence-corrected chi connectivity index (χ2v) is 6.81. The number of hydrogen-bond acceptors (Lipinski definition) is 5. The van der Waals surface area contributed by atoms with Crippen molar-refractivity contribution in [3.8, 4) is 0 Å². The second-order valence-electron chi connectivity index (χ2n) is 6.81. The predicted molar refractivity (Wildman–Crippen MR) is 95.8 cm³/mol. The fraction of sp³-hybridized carbons (Fsp3) is 0.526. The highest BCUT2D eigenvalue weighted by Crippen LogP contribution is 2.21. The molecule has 2 N–H and O–H groups in total. The molecule has 1 aromatic heterocycles. The Morgan fingerprint density at radius 1 is 1.40 bits per heavy atom. The quantitative estimate of drug-likeness (QED) is 0.836. The molecule has 6 nitrogen and oxygen atoms in total. The van der Waals surface area contributed by atoms with Crippen LogP contribution in [-0.2, 0) is 4.74 Å². The first kappa shape index (κ1) is 17.9. The number of carbonyl (C=O) groups excluding carboxylic acids is 1. The minimum atomic E-state index is -0.463. The second kappa shape index (κ2) is 7.99. The number of ether oxygens (including phenoxy) is 1. The molecule has 0 aliphatic carbocycles. The van der Waals surface area contributed by atoms with Gasteiger partial charge in [-0.2, -0.15) is 0 Å². The first-order valence-electron chi connectivity index (χ1n) is 8.75. The van der Waals surface area contributed by atoms with Gasteiger partial charge in [0.1, 0.15) is 5.58 Å². The van der Waals surface area contributed by atoms with Crippen LogP contribution in [0.25, 0.3) is 11.0 Å². The molecule has 1 unspecified atom stereocenters. The normalized spacial score (nSPS) is 17.7. The van der Waals surface area contributed by atoms with Gasteiger partial charge in [0, 0.05) is 38.2 Å². The van der Waals surface area contributed by atoms with E-state index in [1.807, 2.05) is 25.1 Å². The Bertz CT molecular complexity index is 719. The van der Waals surface area contributed by atoms with Crippen LogP contribution in [0, 0.1) is 6.92 Å². The first-order chi connectivity index (χ1) is 12.0. The van der Waals surface area contributed by atoms with Gasteiger partial charge in [0.15, 0.2) is 5.76 Å². The molecule has 1 aromatic carbocycles. The highest BCUT2D eigenvalue weighted by molar-refractivity contribution is 5.96. The lowest BCUT2D eigenvalue weighted by Crippen LogP contribution is -2.46. The summed E-state index contributed by atoms with van der Waals surface area (Å²) in [4.78, 5) is 14.6. The van der Waals surface area contributed by atoms with Crippen LogP contribution in [0.4, 0.5) is 0 Å². The maximum atomic E-state index is 12.4. The first-order valence-corrected chi connectivity index (χ1v) is 8.75. The Balaban J connectivity index is 1.52. The van der Waals surface area contributed by atoms with E-state index < -0.39 is 6.10 Å². The number of β-amino-alcohol motifs (C(OH)–C–C–N with tert-alkyl or cyclic N) is 1. The summed E-state index contributed by atoms with van der Waals surface area (Å²) in [5, 5.41) is 13.8. The number of piperidine rings is 1. The van der Waals surface area contributed by atoms with Crippen molar-refractivity contribution in [1.29, 1.82) is 0 Å². The molecule has 1 aliphatic heterocycles. The summed E-state index contributed by atoms with van der Waals surface area (Å²) in [5.74, 6) is 0.199. The zero-order valence-electron chi connectivity index (χ0n) is 14.8. The molecule has 1 saturated heterocycles. The number of rotatable bonds is 6. The van der Waals surface area contributed by atoms with Gasteiger partial charge in [-0.15, -0.1) is 0 Å². The van der Waals surface area contributed by atoms with E-state index in [1.165, 1.54) is 0 Å². The van der Waals surface area contributed by atoms with Gasteiger partial charge in [-0.1, -0.05) is 11.6 Å². The number of amides is 1. The molecule has 1 atom stereocenters. The number of benzene rings is 1. The van der Waals surface area contributed by atoms with E-state index in [2.05, 4.69) is 10.2 Å². The molecule has 0 radical (unpaired) electrons. The third kappa shape index (κ3) is 4.60. The smallest absolute Gasteiger partial charge is 0.287 e. The maximum Gasteiger partial charge on any atom is 0.287 e. The third-order valence-corrected chi connectivity index (χ3v) is 4.65. The molecular weight excluding hydrogens is 320 g/mol. The summed E-state index contributed by atoms with van der Waals surface area (Å²) in [6.45, 7) is 4.68. The zero-order valence-corrected chi connectivity index (χ0v) is 14.8. The average Bonchev–Trinajstić information content (AvgIpc) is 3.00. The van der Waals surface area contributed by atoms with Crippen LogP contribution in [-0.4, -0.2) is 61.4 Å². The molecule has 3 rings (SSSR count). The molecular formula is C19H26N2O4. The van der Waals surface area contributed by atoms with Crippen LogP contribution in [0.2, 0.25) is 0 Å². The molecule has 0 bridgehead atoms. The van der Waals surface area contributed by atoms with Crippen LogP contribution in [0.1, 0.15) is 29.0 Å². The van der Waals surface area contributed by atoms with E-state index in [9.17, 15) is 9.90 Å².